The van der Waals surface area contributed by atoms with Crippen LogP contribution in [0.3, 0.4) is 0 Å². The molecule has 0 spiro atoms. The first-order valence-corrected chi connectivity index (χ1v) is 10.6. The number of alkyl halides is 3. The number of hydrogen-bond donors (Lipinski definition) is 1. The summed E-state index contributed by atoms with van der Waals surface area (Å²) in [5.41, 5.74) is 0.697. The third kappa shape index (κ3) is 4.99. The molecule has 2 heterocycles. The lowest BCUT2D eigenvalue weighted by atomic mass is 9.79. The van der Waals surface area contributed by atoms with Crippen molar-refractivity contribution >= 4 is 17.5 Å². The minimum atomic E-state index is -4.52. The van der Waals surface area contributed by atoms with Crippen LogP contribution in [0.15, 0.2) is 67.0 Å². The number of amides is 2. The van der Waals surface area contributed by atoms with Crippen LogP contribution in [0.25, 0.3) is 0 Å². The zero-order valence-corrected chi connectivity index (χ0v) is 18.1. The second kappa shape index (κ2) is 9.54. The molecule has 2 amide bonds. The van der Waals surface area contributed by atoms with Gasteiger partial charge in [-0.3, -0.25) is 14.6 Å². The number of carbonyl (C=O) groups is 2. The smallest absolute Gasteiger partial charge is 0.330 e. The Kier molecular flexibility index (Phi) is 6.51. The van der Waals surface area contributed by atoms with Crippen molar-refractivity contribution in [1.82, 2.24) is 9.88 Å². The molecule has 3 aromatic rings. The number of pyridine rings is 1. The Bertz CT molecular complexity index is 1300. The summed E-state index contributed by atoms with van der Waals surface area (Å²) in [4.78, 5) is 31.9. The van der Waals surface area contributed by atoms with Gasteiger partial charge >= 0.3 is 6.18 Å². The molecule has 0 unspecified atom stereocenters. The van der Waals surface area contributed by atoms with Gasteiger partial charge in [0.05, 0.1) is 23.9 Å². The van der Waals surface area contributed by atoms with E-state index in [-0.39, 0.29) is 16.8 Å². The highest BCUT2D eigenvalue weighted by atomic mass is 19.4. The zero-order chi connectivity index (χ0) is 25.2. The van der Waals surface area contributed by atoms with Crippen LogP contribution in [0.4, 0.5) is 23.2 Å². The molecule has 2 atom stereocenters. The van der Waals surface area contributed by atoms with Gasteiger partial charge in [-0.05, 0) is 41.5 Å². The zero-order valence-electron chi connectivity index (χ0n) is 18.1. The Balaban J connectivity index is 1.81. The van der Waals surface area contributed by atoms with E-state index in [0.29, 0.717) is 11.1 Å². The number of hydrogen-bond acceptors (Lipinski definition) is 4. The molecule has 178 valence electrons. The molecule has 0 saturated carbocycles. The highest BCUT2D eigenvalue weighted by molar-refractivity contribution is 6.04. The number of benzene rings is 2. The third-order valence-electron chi connectivity index (χ3n) is 5.74. The number of rotatable bonds is 5. The Morgan fingerprint density at radius 3 is 2.60 bits per heavy atom. The van der Waals surface area contributed by atoms with Crippen LogP contribution in [0.1, 0.15) is 45.4 Å². The van der Waals surface area contributed by atoms with Crippen LogP contribution >= 0.6 is 0 Å². The lowest BCUT2D eigenvalue weighted by molar-refractivity contribution is -0.138. The molecule has 0 aliphatic carbocycles. The summed E-state index contributed by atoms with van der Waals surface area (Å²) in [6.45, 7) is -0.658. The standard InChI is InChI=1S/C25H18F4N4O2/c26-20-8-7-17(12-16(20)13-30)32-23(34)21-18-5-1-2-6-19(18)24(35)33(11-9-25(27,28)29)22(21)15-4-3-10-31-14-15/h1-8,10,12,14,21-22H,9,11H2,(H,32,34)/t21-,22+/m0/s1. The summed E-state index contributed by atoms with van der Waals surface area (Å²) in [7, 11) is 0. The number of anilines is 1. The summed E-state index contributed by atoms with van der Waals surface area (Å²) >= 11 is 0. The molecule has 1 aliphatic rings. The van der Waals surface area contributed by atoms with Gasteiger partial charge in [-0.2, -0.15) is 18.4 Å². The fraction of sp³-hybridized carbons (Fsp3) is 0.200. The largest absolute Gasteiger partial charge is 0.390 e. The quantitative estimate of drug-likeness (QED) is 0.521. The summed E-state index contributed by atoms with van der Waals surface area (Å²) in [5.74, 6) is -3.12. The van der Waals surface area contributed by atoms with Crippen molar-refractivity contribution in [3.63, 3.8) is 0 Å². The van der Waals surface area contributed by atoms with Crippen molar-refractivity contribution < 1.29 is 27.2 Å². The number of fused-ring (bicyclic) bond motifs is 1. The number of aromatic nitrogens is 1. The molecular weight excluding hydrogens is 464 g/mol. The molecule has 0 radical (unpaired) electrons. The molecular formula is C25H18F4N4O2. The van der Waals surface area contributed by atoms with Gasteiger partial charge in [-0.1, -0.05) is 24.3 Å². The van der Waals surface area contributed by atoms with Gasteiger partial charge in [0.15, 0.2) is 0 Å². The SMILES string of the molecule is N#Cc1cc(NC(=O)[C@H]2c3ccccc3C(=O)N(CCC(F)(F)F)[C@@H]2c2cccnc2)ccc1F. The van der Waals surface area contributed by atoms with E-state index in [1.54, 1.807) is 36.4 Å². The van der Waals surface area contributed by atoms with Gasteiger partial charge in [0.2, 0.25) is 5.91 Å². The van der Waals surface area contributed by atoms with Crippen molar-refractivity contribution in [3.05, 3.63) is 95.1 Å². The second-order valence-electron chi connectivity index (χ2n) is 7.96. The van der Waals surface area contributed by atoms with Gasteiger partial charge in [0.25, 0.3) is 5.91 Å². The maximum absolute atomic E-state index is 13.7. The molecule has 1 aromatic heterocycles. The van der Waals surface area contributed by atoms with E-state index in [4.69, 9.17) is 5.26 Å². The lowest BCUT2D eigenvalue weighted by Crippen LogP contribution is -2.47. The van der Waals surface area contributed by atoms with E-state index in [1.807, 2.05) is 0 Å². The van der Waals surface area contributed by atoms with Gasteiger partial charge in [0.1, 0.15) is 11.9 Å². The molecule has 0 saturated heterocycles. The summed E-state index contributed by atoms with van der Waals surface area (Å²) in [6.07, 6.45) is -2.90. The van der Waals surface area contributed by atoms with Gasteiger partial charge < -0.3 is 10.2 Å². The van der Waals surface area contributed by atoms with E-state index < -0.39 is 48.7 Å². The Morgan fingerprint density at radius 2 is 1.91 bits per heavy atom. The molecule has 1 aliphatic heterocycles. The normalized spacial score (nSPS) is 17.5. The molecule has 1 N–H and O–H groups in total. The monoisotopic (exact) mass is 482 g/mol. The number of nitrogens with one attached hydrogen (secondary N) is 1. The van der Waals surface area contributed by atoms with Crippen LogP contribution in [-0.2, 0) is 4.79 Å². The van der Waals surface area contributed by atoms with Crippen molar-refractivity contribution in [2.24, 2.45) is 0 Å². The molecule has 35 heavy (non-hydrogen) atoms. The van der Waals surface area contributed by atoms with E-state index in [2.05, 4.69) is 10.3 Å². The van der Waals surface area contributed by atoms with E-state index in [0.717, 1.165) is 17.0 Å². The number of nitrogens with zero attached hydrogens (tertiary/aromatic N) is 3. The average molecular weight is 482 g/mol. The Labute approximate surface area is 197 Å². The third-order valence-corrected chi connectivity index (χ3v) is 5.74. The number of carbonyl (C=O) groups excluding carboxylic acids is 2. The topological polar surface area (TPSA) is 86.1 Å². The maximum atomic E-state index is 13.7. The lowest BCUT2D eigenvalue weighted by Gasteiger charge is -2.41. The van der Waals surface area contributed by atoms with Crippen LogP contribution in [0.5, 0.6) is 0 Å². The second-order valence-corrected chi connectivity index (χ2v) is 7.96. The van der Waals surface area contributed by atoms with E-state index in [9.17, 15) is 27.2 Å². The number of nitriles is 1. The minimum Gasteiger partial charge on any atom is -0.330 e. The van der Waals surface area contributed by atoms with Crippen LogP contribution in [0, 0.1) is 17.1 Å². The summed E-state index contributed by atoms with van der Waals surface area (Å²) in [5, 5.41) is 11.7. The molecule has 0 fully saturated rings. The molecule has 2 aromatic carbocycles. The fourth-order valence-electron chi connectivity index (χ4n) is 4.20. The molecule has 6 nitrogen and oxygen atoms in total. The van der Waals surface area contributed by atoms with Gasteiger partial charge in [-0.25, -0.2) is 4.39 Å². The predicted octanol–water partition coefficient (Wildman–Crippen LogP) is 4.96. The van der Waals surface area contributed by atoms with Crippen molar-refractivity contribution in [2.75, 3.05) is 11.9 Å². The predicted molar refractivity (Wildman–Crippen MR) is 118 cm³/mol. The van der Waals surface area contributed by atoms with E-state index in [1.165, 1.54) is 24.5 Å². The van der Waals surface area contributed by atoms with Crippen molar-refractivity contribution in [1.29, 1.82) is 5.26 Å². The van der Waals surface area contributed by atoms with E-state index >= 15 is 0 Å². The summed E-state index contributed by atoms with van der Waals surface area (Å²) < 4.78 is 53.1. The highest BCUT2D eigenvalue weighted by Gasteiger charge is 2.45. The molecule has 0 bridgehead atoms. The molecule has 10 heteroatoms. The maximum Gasteiger partial charge on any atom is 0.390 e. The van der Waals surface area contributed by atoms with Crippen molar-refractivity contribution in [2.45, 2.75) is 24.6 Å². The fourth-order valence-corrected chi connectivity index (χ4v) is 4.20. The first kappa shape index (κ1) is 23.9. The first-order valence-electron chi connectivity index (χ1n) is 10.6. The van der Waals surface area contributed by atoms with Crippen LogP contribution < -0.4 is 5.32 Å². The highest BCUT2D eigenvalue weighted by Crippen LogP contribution is 2.43. The Hall–Kier alpha value is -4.26. The first-order chi connectivity index (χ1) is 16.7. The van der Waals surface area contributed by atoms with Crippen LogP contribution in [0.2, 0.25) is 0 Å². The van der Waals surface area contributed by atoms with Gasteiger partial charge in [0, 0.05) is 30.2 Å². The summed E-state index contributed by atoms with van der Waals surface area (Å²) in [6, 6.07) is 13.5. The minimum absolute atomic E-state index is 0.117. The molecule has 4 rings (SSSR count). The average Bonchev–Trinajstić information content (AvgIpc) is 2.84. The van der Waals surface area contributed by atoms with Gasteiger partial charge in [-0.15, -0.1) is 0 Å². The van der Waals surface area contributed by atoms with Crippen LogP contribution in [-0.4, -0.2) is 34.4 Å². The Morgan fingerprint density at radius 1 is 1.14 bits per heavy atom. The number of halogens is 4. The van der Waals surface area contributed by atoms with Crippen molar-refractivity contribution in [3.8, 4) is 6.07 Å².